The Kier molecular flexibility index (Phi) is 8.14. The minimum Gasteiger partial charge on any atom is -0.0906 e. The molecule has 0 aliphatic rings. The summed E-state index contributed by atoms with van der Waals surface area (Å²) in [6, 6.07) is 20.5. The highest BCUT2D eigenvalue weighted by atomic mass is 14.0. The average molecular weight is 266 g/mol. The van der Waals surface area contributed by atoms with E-state index in [0.29, 0.717) is 0 Å². The number of hydrogen-bond donors (Lipinski definition) is 0. The van der Waals surface area contributed by atoms with Gasteiger partial charge in [0.2, 0.25) is 0 Å². The van der Waals surface area contributed by atoms with Crippen molar-refractivity contribution in [2.45, 2.75) is 39.5 Å². The van der Waals surface area contributed by atoms with E-state index in [1.165, 1.54) is 36.8 Å². The maximum atomic E-state index is 4.10. The fraction of sp³-hybridized carbons (Fsp3) is 0.300. The Bertz CT molecular complexity index is 422. The number of unbranched alkanes of at least 4 members (excludes halogenated alkanes) is 3. The normalized spacial score (nSPS) is 9.50. The zero-order valence-electron chi connectivity index (χ0n) is 12.8. The van der Waals surface area contributed by atoms with Crippen molar-refractivity contribution in [2.24, 2.45) is 0 Å². The molecule has 0 fully saturated rings. The van der Waals surface area contributed by atoms with Crippen molar-refractivity contribution in [1.82, 2.24) is 0 Å². The topological polar surface area (TPSA) is 0 Å². The molecule has 0 unspecified atom stereocenters. The summed E-state index contributed by atoms with van der Waals surface area (Å²) >= 11 is 0. The zero-order chi connectivity index (χ0) is 14.6. The van der Waals surface area contributed by atoms with Gasteiger partial charge in [0, 0.05) is 0 Å². The molecule has 20 heavy (non-hydrogen) atoms. The van der Waals surface area contributed by atoms with Crippen molar-refractivity contribution < 1.29 is 0 Å². The standard InChI is InChI=1S/C14H12.C6H14/c1-12(13-8-4-2-5-9-13)14-10-6-3-7-11-14;1-3-5-6-4-2/h2-11H,1H2;3-6H2,1-2H3. The highest BCUT2D eigenvalue weighted by molar-refractivity contribution is 5.77. The molecule has 0 heteroatoms. The van der Waals surface area contributed by atoms with Gasteiger partial charge in [-0.1, -0.05) is 107 Å². The fourth-order valence-electron chi connectivity index (χ4n) is 1.95. The predicted molar refractivity (Wildman–Crippen MR) is 90.8 cm³/mol. The van der Waals surface area contributed by atoms with Gasteiger partial charge in [0.15, 0.2) is 0 Å². The molecule has 0 N–H and O–H groups in total. The van der Waals surface area contributed by atoms with Crippen LogP contribution in [0.5, 0.6) is 0 Å². The van der Waals surface area contributed by atoms with E-state index in [1.54, 1.807) is 0 Å². The second kappa shape index (κ2) is 10.0. The summed E-state index contributed by atoms with van der Waals surface area (Å²) in [5, 5.41) is 0. The van der Waals surface area contributed by atoms with E-state index < -0.39 is 0 Å². The second-order valence-electron chi connectivity index (χ2n) is 4.92. The molecule has 0 saturated carbocycles. The van der Waals surface area contributed by atoms with Crippen molar-refractivity contribution in [3.05, 3.63) is 78.4 Å². The third-order valence-electron chi connectivity index (χ3n) is 3.20. The highest BCUT2D eigenvalue weighted by Crippen LogP contribution is 2.20. The summed E-state index contributed by atoms with van der Waals surface area (Å²) in [4.78, 5) is 0. The monoisotopic (exact) mass is 266 g/mol. The minimum atomic E-state index is 1.08. The quantitative estimate of drug-likeness (QED) is 0.554. The van der Waals surface area contributed by atoms with Crippen LogP contribution in [0.15, 0.2) is 67.2 Å². The van der Waals surface area contributed by atoms with E-state index >= 15 is 0 Å². The summed E-state index contributed by atoms with van der Waals surface area (Å²) in [5.74, 6) is 0. The van der Waals surface area contributed by atoms with Crippen LogP contribution in [-0.4, -0.2) is 0 Å². The first-order valence-corrected chi connectivity index (χ1v) is 7.59. The van der Waals surface area contributed by atoms with E-state index in [-0.39, 0.29) is 0 Å². The van der Waals surface area contributed by atoms with Gasteiger partial charge in [0.25, 0.3) is 0 Å². The number of hydrogen-bond acceptors (Lipinski definition) is 0. The molecular formula is C20H26. The lowest BCUT2D eigenvalue weighted by Gasteiger charge is -2.04. The lowest BCUT2D eigenvalue weighted by atomic mass is 10.0. The zero-order valence-corrected chi connectivity index (χ0v) is 12.8. The molecule has 0 amide bonds. The maximum Gasteiger partial charge on any atom is -0.0183 e. The summed E-state index contributed by atoms with van der Waals surface area (Å²) in [6.07, 6.45) is 5.54. The molecule has 0 aromatic heterocycles. The first kappa shape index (κ1) is 16.2. The van der Waals surface area contributed by atoms with Gasteiger partial charge < -0.3 is 0 Å². The third-order valence-corrected chi connectivity index (χ3v) is 3.20. The molecule has 2 rings (SSSR count). The van der Waals surface area contributed by atoms with Gasteiger partial charge in [-0.05, 0) is 16.7 Å². The molecule has 0 atom stereocenters. The minimum absolute atomic E-state index is 1.08. The summed E-state index contributed by atoms with van der Waals surface area (Å²) in [6.45, 7) is 8.56. The first-order chi connectivity index (χ1) is 9.79. The highest BCUT2D eigenvalue weighted by Gasteiger charge is 1.99. The molecule has 2 aromatic carbocycles. The van der Waals surface area contributed by atoms with Gasteiger partial charge in [-0.2, -0.15) is 0 Å². The molecule has 0 nitrogen and oxygen atoms in total. The van der Waals surface area contributed by atoms with Gasteiger partial charge in [0.05, 0.1) is 0 Å². The van der Waals surface area contributed by atoms with Gasteiger partial charge >= 0.3 is 0 Å². The van der Waals surface area contributed by atoms with E-state index in [9.17, 15) is 0 Å². The molecule has 0 saturated heterocycles. The van der Waals surface area contributed by atoms with Gasteiger partial charge in [0.1, 0.15) is 0 Å². The van der Waals surface area contributed by atoms with Crippen LogP contribution in [0, 0.1) is 0 Å². The van der Waals surface area contributed by atoms with Gasteiger partial charge in [-0.25, -0.2) is 0 Å². The van der Waals surface area contributed by atoms with Crippen LogP contribution in [0.4, 0.5) is 0 Å². The van der Waals surface area contributed by atoms with Crippen LogP contribution in [0.1, 0.15) is 50.7 Å². The Morgan fingerprint density at radius 2 is 1.05 bits per heavy atom. The van der Waals surface area contributed by atoms with Crippen LogP contribution in [-0.2, 0) is 0 Å². The molecule has 0 radical (unpaired) electrons. The molecular weight excluding hydrogens is 240 g/mol. The lowest BCUT2D eigenvalue weighted by Crippen LogP contribution is -1.84. The Morgan fingerprint density at radius 3 is 1.35 bits per heavy atom. The van der Waals surface area contributed by atoms with Gasteiger partial charge in [-0.3, -0.25) is 0 Å². The first-order valence-electron chi connectivity index (χ1n) is 7.59. The average Bonchev–Trinajstić information content (AvgIpc) is 2.54. The molecule has 0 bridgehead atoms. The Morgan fingerprint density at radius 1 is 0.700 bits per heavy atom. The van der Waals surface area contributed by atoms with Crippen LogP contribution < -0.4 is 0 Å². The largest absolute Gasteiger partial charge is 0.0906 e. The molecule has 2 aromatic rings. The lowest BCUT2D eigenvalue weighted by molar-refractivity contribution is 0.702. The maximum absolute atomic E-state index is 4.10. The van der Waals surface area contributed by atoms with Crippen LogP contribution in [0.3, 0.4) is 0 Å². The van der Waals surface area contributed by atoms with Crippen molar-refractivity contribution in [2.75, 3.05) is 0 Å². The van der Waals surface area contributed by atoms with Crippen LogP contribution in [0.2, 0.25) is 0 Å². The fourth-order valence-corrected chi connectivity index (χ4v) is 1.95. The third kappa shape index (κ3) is 5.88. The molecule has 0 spiro atoms. The summed E-state index contributed by atoms with van der Waals surface area (Å²) in [5.41, 5.74) is 3.43. The van der Waals surface area contributed by atoms with E-state index in [1.807, 2.05) is 36.4 Å². The van der Waals surface area contributed by atoms with Crippen molar-refractivity contribution in [3.8, 4) is 0 Å². The van der Waals surface area contributed by atoms with Crippen LogP contribution in [0.25, 0.3) is 5.57 Å². The SMILES string of the molecule is C=C(c1ccccc1)c1ccccc1.CCCCCC. The van der Waals surface area contributed by atoms with E-state index in [0.717, 1.165) is 5.57 Å². The molecule has 0 heterocycles. The second-order valence-corrected chi connectivity index (χ2v) is 4.92. The predicted octanol–water partition coefficient (Wildman–Crippen LogP) is 6.33. The summed E-state index contributed by atoms with van der Waals surface area (Å²) in [7, 11) is 0. The van der Waals surface area contributed by atoms with Crippen molar-refractivity contribution in [1.29, 1.82) is 0 Å². The number of benzene rings is 2. The van der Waals surface area contributed by atoms with Crippen molar-refractivity contribution >= 4 is 5.57 Å². The van der Waals surface area contributed by atoms with E-state index in [2.05, 4.69) is 44.7 Å². The molecule has 106 valence electrons. The number of rotatable bonds is 5. The molecule has 0 aliphatic carbocycles. The Labute approximate surface area is 124 Å². The summed E-state index contributed by atoms with van der Waals surface area (Å²) < 4.78 is 0. The smallest absolute Gasteiger partial charge is 0.0183 e. The Hall–Kier alpha value is -1.82. The van der Waals surface area contributed by atoms with Gasteiger partial charge in [-0.15, -0.1) is 0 Å². The Balaban J connectivity index is 0.000000286. The van der Waals surface area contributed by atoms with Crippen LogP contribution >= 0.6 is 0 Å². The van der Waals surface area contributed by atoms with E-state index in [4.69, 9.17) is 0 Å². The molecule has 0 aliphatic heterocycles. The van der Waals surface area contributed by atoms with Crippen molar-refractivity contribution in [3.63, 3.8) is 0 Å².